The van der Waals surface area contributed by atoms with Gasteiger partial charge in [0, 0.05) is 36.8 Å². The van der Waals surface area contributed by atoms with Gasteiger partial charge in [0.1, 0.15) is 5.75 Å². The van der Waals surface area contributed by atoms with Gasteiger partial charge in [0.2, 0.25) is 6.10 Å². The van der Waals surface area contributed by atoms with E-state index in [4.69, 9.17) is 16.3 Å². The van der Waals surface area contributed by atoms with E-state index in [0.717, 1.165) is 18.4 Å². The quantitative estimate of drug-likeness (QED) is 0.816. The van der Waals surface area contributed by atoms with Crippen molar-refractivity contribution < 1.29 is 14.3 Å². The van der Waals surface area contributed by atoms with Crippen LogP contribution in [0.25, 0.3) is 0 Å². The van der Waals surface area contributed by atoms with Gasteiger partial charge >= 0.3 is 6.03 Å². The summed E-state index contributed by atoms with van der Waals surface area (Å²) in [5.74, 6) is 0.500. The highest BCUT2D eigenvalue weighted by molar-refractivity contribution is 6.30. The minimum atomic E-state index is -0.747. The van der Waals surface area contributed by atoms with Crippen LogP contribution in [0.3, 0.4) is 0 Å². The summed E-state index contributed by atoms with van der Waals surface area (Å²) in [7, 11) is 0. The van der Waals surface area contributed by atoms with Crippen LogP contribution in [-0.4, -0.2) is 54.0 Å². The highest BCUT2D eigenvalue weighted by Crippen LogP contribution is 2.27. The van der Waals surface area contributed by atoms with Gasteiger partial charge in [-0.25, -0.2) is 4.79 Å². The summed E-state index contributed by atoms with van der Waals surface area (Å²) in [5, 5.41) is 3.46. The predicted octanol–water partition coefficient (Wildman–Crippen LogP) is 3.48. The van der Waals surface area contributed by atoms with E-state index < -0.39 is 6.10 Å². The molecule has 2 aliphatic rings. The van der Waals surface area contributed by atoms with Crippen LogP contribution in [0.15, 0.2) is 54.6 Å². The second-order valence-corrected chi connectivity index (χ2v) is 7.80. The minimum absolute atomic E-state index is 0.0404. The molecule has 29 heavy (non-hydrogen) atoms. The van der Waals surface area contributed by atoms with E-state index in [-0.39, 0.29) is 18.0 Å². The van der Waals surface area contributed by atoms with Gasteiger partial charge in [0.05, 0.1) is 6.04 Å². The van der Waals surface area contributed by atoms with Crippen LogP contribution in [0.2, 0.25) is 5.02 Å². The number of ether oxygens (including phenoxy) is 1. The maximum atomic E-state index is 13.5. The Labute approximate surface area is 175 Å². The summed E-state index contributed by atoms with van der Waals surface area (Å²) >= 11 is 5.97. The fraction of sp³-hybridized carbons (Fsp3) is 0.364. The fourth-order valence-electron chi connectivity index (χ4n) is 3.95. The molecule has 0 aliphatic carbocycles. The Morgan fingerprint density at radius 3 is 2.55 bits per heavy atom. The third-order valence-corrected chi connectivity index (χ3v) is 5.68. The number of piperidine rings is 1. The maximum Gasteiger partial charge on any atom is 0.317 e. The number of benzene rings is 2. The topological polar surface area (TPSA) is 61.9 Å². The van der Waals surface area contributed by atoms with Crippen LogP contribution in [0, 0.1) is 0 Å². The molecule has 152 valence electrons. The Balaban J connectivity index is 1.54. The van der Waals surface area contributed by atoms with Gasteiger partial charge in [-0.1, -0.05) is 41.9 Å². The molecular weight excluding hydrogens is 390 g/mol. The third kappa shape index (κ3) is 4.48. The maximum absolute atomic E-state index is 13.5. The molecule has 0 bridgehead atoms. The molecule has 1 N–H and O–H groups in total. The lowest BCUT2D eigenvalue weighted by molar-refractivity contribution is -0.141. The minimum Gasteiger partial charge on any atom is -0.476 e. The van der Waals surface area contributed by atoms with Crippen LogP contribution >= 0.6 is 11.6 Å². The van der Waals surface area contributed by atoms with E-state index in [2.05, 4.69) is 5.32 Å². The lowest BCUT2D eigenvalue weighted by Crippen LogP contribution is -2.52. The number of carbonyl (C=O) groups is 2. The van der Waals surface area contributed by atoms with Crippen LogP contribution in [0.5, 0.6) is 5.75 Å². The fourth-order valence-corrected chi connectivity index (χ4v) is 4.07. The summed E-state index contributed by atoms with van der Waals surface area (Å²) < 4.78 is 6.11. The standard InChI is InChI=1S/C22H24ClN3O3/c23-17-8-10-19(11-9-17)29-20(16-5-2-1-3-6-16)21(27)25-13-4-7-18(15-25)26-14-12-24-22(26)28/h1-3,5-6,8-11,18,20H,4,7,12-15H2,(H,24,28). The van der Waals surface area contributed by atoms with Crippen molar-refractivity contribution in [1.82, 2.24) is 15.1 Å². The van der Waals surface area contributed by atoms with E-state index in [1.54, 1.807) is 24.3 Å². The Bertz CT molecular complexity index is 859. The van der Waals surface area contributed by atoms with Gasteiger partial charge in [0.25, 0.3) is 5.91 Å². The number of halogens is 1. The molecule has 0 saturated carbocycles. The zero-order chi connectivity index (χ0) is 20.2. The Morgan fingerprint density at radius 2 is 1.86 bits per heavy atom. The first-order valence-corrected chi connectivity index (χ1v) is 10.3. The Hall–Kier alpha value is -2.73. The molecule has 2 heterocycles. The van der Waals surface area contributed by atoms with Crippen molar-refractivity contribution in [3.05, 3.63) is 65.2 Å². The molecule has 2 aromatic carbocycles. The number of nitrogens with one attached hydrogen (secondary N) is 1. The van der Waals surface area contributed by atoms with Crippen molar-refractivity contribution >= 4 is 23.5 Å². The number of nitrogens with zero attached hydrogens (tertiary/aromatic N) is 2. The zero-order valence-electron chi connectivity index (χ0n) is 16.1. The summed E-state index contributed by atoms with van der Waals surface area (Å²) in [4.78, 5) is 29.2. The molecule has 2 saturated heterocycles. The SMILES string of the molecule is O=C(C(Oc1ccc(Cl)cc1)c1ccccc1)N1CCCC(N2CCNC2=O)C1. The lowest BCUT2D eigenvalue weighted by atomic mass is 10.0. The molecule has 2 fully saturated rings. The molecule has 2 unspecified atom stereocenters. The molecule has 6 nitrogen and oxygen atoms in total. The number of hydrogen-bond acceptors (Lipinski definition) is 3. The van der Waals surface area contributed by atoms with Gasteiger partial charge in [0.15, 0.2) is 0 Å². The van der Waals surface area contributed by atoms with Crippen molar-refractivity contribution in [1.29, 1.82) is 0 Å². The lowest BCUT2D eigenvalue weighted by Gasteiger charge is -2.38. The molecule has 2 atom stereocenters. The van der Waals surface area contributed by atoms with Gasteiger partial charge in [-0.15, -0.1) is 0 Å². The molecule has 0 spiro atoms. The number of rotatable bonds is 5. The summed E-state index contributed by atoms with van der Waals surface area (Å²) in [6.07, 6.45) is 1.02. The smallest absolute Gasteiger partial charge is 0.317 e. The van der Waals surface area contributed by atoms with Crippen molar-refractivity contribution in [2.75, 3.05) is 26.2 Å². The first-order chi connectivity index (χ1) is 14.1. The third-order valence-electron chi connectivity index (χ3n) is 5.43. The predicted molar refractivity (Wildman–Crippen MR) is 111 cm³/mol. The van der Waals surface area contributed by atoms with Crippen LogP contribution in [-0.2, 0) is 4.79 Å². The van der Waals surface area contributed by atoms with Crippen molar-refractivity contribution in [2.45, 2.75) is 25.0 Å². The van der Waals surface area contributed by atoms with E-state index in [9.17, 15) is 9.59 Å². The molecule has 0 aromatic heterocycles. The van der Waals surface area contributed by atoms with Gasteiger partial charge in [-0.3, -0.25) is 4.79 Å². The molecule has 0 radical (unpaired) electrons. The van der Waals surface area contributed by atoms with E-state index in [1.807, 2.05) is 40.1 Å². The Kier molecular flexibility index (Phi) is 5.90. The average molecular weight is 414 g/mol. The van der Waals surface area contributed by atoms with Crippen molar-refractivity contribution in [2.24, 2.45) is 0 Å². The average Bonchev–Trinajstić information content (AvgIpc) is 3.19. The number of amides is 3. The monoisotopic (exact) mass is 413 g/mol. The van der Waals surface area contributed by atoms with Crippen LogP contribution in [0.4, 0.5) is 4.79 Å². The van der Waals surface area contributed by atoms with E-state index in [1.165, 1.54) is 0 Å². The second kappa shape index (κ2) is 8.74. The largest absolute Gasteiger partial charge is 0.476 e. The molecule has 3 amide bonds. The van der Waals surface area contributed by atoms with Crippen LogP contribution in [0.1, 0.15) is 24.5 Å². The van der Waals surface area contributed by atoms with E-state index in [0.29, 0.717) is 37.0 Å². The van der Waals surface area contributed by atoms with Crippen molar-refractivity contribution in [3.8, 4) is 5.75 Å². The molecule has 7 heteroatoms. The number of urea groups is 1. The first kappa shape index (κ1) is 19.6. The van der Waals surface area contributed by atoms with Gasteiger partial charge < -0.3 is 19.9 Å². The molecule has 2 aliphatic heterocycles. The number of carbonyl (C=O) groups excluding carboxylic acids is 2. The second-order valence-electron chi connectivity index (χ2n) is 7.37. The summed E-state index contributed by atoms with van der Waals surface area (Å²) in [6.45, 7) is 2.54. The normalized spacial score (nSPS) is 20.3. The first-order valence-electron chi connectivity index (χ1n) is 9.92. The highest BCUT2D eigenvalue weighted by atomic mass is 35.5. The molecule has 2 aromatic rings. The number of hydrogen-bond donors (Lipinski definition) is 1. The number of likely N-dealkylation sites (tertiary alicyclic amines) is 1. The highest BCUT2D eigenvalue weighted by Gasteiger charge is 2.36. The molecular formula is C22H24ClN3O3. The van der Waals surface area contributed by atoms with Crippen LogP contribution < -0.4 is 10.1 Å². The molecule has 4 rings (SSSR count). The van der Waals surface area contributed by atoms with E-state index >= 15 is 0 Å². The van der Waals surface area contributed by atoms with Gasteiger partial charge in [-0.2, -0.15) is 0 Å². The van der Waals surface area contributed by atoms with Gasteiger partial charge in [-0.05, 0) is 37.1 Å². The van der Waals surface area contributed by atoms with Crippen molar-refractivity contribution in [3.63, 3.8) is 0 Å². The summed E-state index contributed by atoms with van der Waals surface area (Å²) in [6, 6.07) is 16.5. The zero-order valence-corrected chi connectivity index (χ0v) is 16.8. The summed E-state index contributed by atoms with van der Waals surface area (Å²) in [5.41, 5.74) is 0.800. The Morgan fingerprint density at radius 1 is 1.10 bits per heavy atom.